The molecule has 1 aromatic carbocycles. The summed E-state index contributed by atoms with van der Waals surface area (Å²) in [6.07, 6.45) is 0.904. The maximum atomic E-state index is 12.7. The largest absolute Gasteiger partial charge is 0.397 e. The Kier molecular flexibility index (Phi) is 4.34. The highest BCUT2D eigenvalue weighted by atomic mass is 32.1. The number of benzene rings is 1. The van der Waals surface area contributed by atoms with Gasteiger partial charge in [-0.15, -0.1) is 11.3 Å². The minimum Gasteiger partial charge on any atom is -0.397 e. The number of fused-ring (bicyclic) bond motifs is 2. The first-order valence-electron chi connectivity index (χ1n) is 8.36. The second-order valence-corrected chi connectivity index (χ2v) is 8.57. The van der Waals surface area contributed by atoms with Gasteiger partial charge in [0.05, 0.1) is 15.9 Å². The van der Waals surface area contributed by atoms with E-state index < -0.39 is 0 Å². The number of nitrogens with two attached hydrogens (primary N) is 1. The zero-order valence-corrected chi connectivity index (χ0v) is 16.1. The lowest BCUT2D eigenvalue weighted by molar-refractivity contribution is 0.103. The van der Waals surface area contributed by atoms with Gasteiger partial charge in [-0.2, -0.15) is 0 Å². The fraction of sp³-hybridized carbons (Fsp3) is 0.211. The summed E-state index contributed by atoms with van der Waals surface area (Å²) in [5, 5.41) is 4.27. The Hall–Kier alpha value is -2.51. The number of rotatable bonds is 4. The first kappa shape index (κ1) is 16.9. The van der Waals surface area contributed by atoms with E-state index in [-0.39, 0.29) is 5.91 Å². The van der Waals surface area contributed by atoms with Crippen LogP contribution in [0, 0.1) is 5.92 Å². The summed E-state index contributed by atoms with van der Waals surface area (Å²) >= 11 is 2.78. The molecule has 0 radical (unpaired) electrons. The molecule has 0 unspecified atom stereocenters. The molecule has 0 spiro atoms. The van der Waals surface area contributed by atoms with Crippen molar-refractivity contribution in [3.05, 3.63) is 47.0 Å². The molecule has 0 aliphatic rings. The van der Waals surface area contributed by atoms with E-state index >= 15 is 0 Å². The number of thiazole rings is 1. The monoisotopic (exact) mass is 382 g/mol. The molecule has 0 bridgehead atoms. The highest BCUT2D eigenvalue weighted by Gasteiger charge is 2.19. The van der Waals surface area contributed by atoms with Gasteiger partial charge in [-0.3, -0.25) is 10.1 Å². The maximum absolute atomic E-state index is 12.7. The third kappa shape index (κ3) is 3.15. The summed E-state index contributed by atoms with van der Waals surface area (Å²) in [4.78, 5) is 23.1. The van der Waals surface area contributed by atoms with Crippen molar-refractivity contribution in [1.82, 2.24) is 9.97 Å². The normalized spacial score (nSPS) is 11.5. The van der Waals surface area contributed by atoms with E-state index in [4.69, 9.17) is 5.73 Å². The highest BCUT2D eigenvalue weighted by Crippen LogP contribution is 2.34. The molecule has 1 amide bonds. The van der Waals surface area contributed by atoms with Gasteiger partial charge in [-0.25, -0.2) is 9.97 Å². The topological polar surface area (TPSA) is 80.9 Å². The number of nitrogens with one attached hydrogen (secondary N) is 1. The summed E-state index contributed by atoms with van der Waals surface area (Å²) in [6, 6.07) is 11.7. The molecule has 132 valence electrons. The van der Waals surface area contributed by atoms with Crippen molar-refractivity contribution in [2.24, 2.45) is 5.92 Å². The Bertz CT molecular complexity index is 1080. The number of anilines is 2. The average molecular weight is 383 g/mol. The Morgan fingerprint density at radius 3 is 2.73 bits per heavy atom. The standard InChI is InChI=1S/C19H18N4OS2/c1-10(2)9-11-7-8-12-15(20)16(26-18(12)21-11)17(24)23-19-22-13-5-3-4-6-14(13)25-19/h3-8,10H,9,20H2,1-2H3,(H,22,23,24). The molecule has 0 saturated carbocycles. The number of nitrogens with zero attached hydrogens (tertiary/aromatic N) is 2. The molecule has 4 aromatic rings. The molecule has 4 rings (SSSR count). The molecule has 3 N–H and O–H groups in total. The number of thiophene rings is 1. The molecule has 0 fully saturated rings. The number of pyridine rings is 1. The lowest BCUT2D eigenvalue weighted by Crippen LogP contribution is -2.11. The SMILES string of the molecule is CC(C)Cc1ccc2c(N)c(C(=O)Nc3nc4ccccc4s3)sc2n1. The molecule has 0 atom stereocenters. The highest BCUT2D eigenvalue weighted by molar-refractivity contribution is 7.23. The van der Waals surface area contributed by atoms with Crippen LogP contribution in [0.1, 0.15) is 29.2 Å². The smallest absolute Gasteiger partial charge is 0.269 e. The fourth-order valence-electron chi connectivity index (χ4n) is 2.82. The number of para-hydroxylation sites is 1. The molecule has 7 heteroatoms. The van der Waals surface area contributed by atoms with Crippen molar-refractivity contribution in [3.63, 3.8) is 0 Å². The average Bonchev–Trinajstić information content (AvgIpc) is 3.14. The summed E-state index contributed by atoms with van der Waals surface area (Å²) in [7, 11) is 0. The first-order valence-corrected chi connectivity index (χ1v) is 9.99. The Balaban J connectivity index is 1.64. The van der Waals surface area contributed by atoms with Gasteiger partial charge >= 0.3 is 0 Å². The molecule has 3 aromatic heterocycles. The van der Waals surface area contributed by atoms with Gasteiger partial charge in [-0.05, 0) is 36.6 Å². The summed E-state index contributed by atoms with van der Waals surface area (Å²) in [6.45, 7) is 4.32. The van der Waals surface area contributed by atoms with Crippen LogP contribution in [0.5, 0.6) is 0 Å². The maximum Gasteiger partial charge on any atom is 0.269 e. The van der Waals surface area contributed by atoms with Gasteiger partial charge in [-0.1, -0.05) is 37.3 Å². The number of aromatic nitrogens is 2. The summed E-state index contributed by atoms with van der Waals surface area (Å²) < 4.78 is 1.03. The van der Waals surface area contributed by atoms with Crippen molar-refractivity contribution >= 4 is 59.8 Å². The van der Waals surface area contributed by atoms with Gasteiger partial charge in [0.2, 0.25) is 0 Å². The van der Waals surface area contributed by atoms with E-state index in [9.17, 15) is 4.79 Å². The van der Waals surface area contributed by atoms with Crippen LogP contribution in [0.3, 0.4) is 0 Å². The molecule has 5 nitrogen and oxygen atoms in total. The number of amides is 1. The Morgan fingerprint density at radius 2 is 1.96 bits per heavy atom. The lowest BCUT2D eigenvalue weighted by atomic mass is 10.1. The van der Waals surface area contributed by atoms with Crippen LogP contribution in [0.2, 0.25) is 0 Å². The zero-order valence-electron chi connectivity index (χ0n) is 14.4. The third-order valence-electron chi connectivity index (χ3n) is 3.99. The van der Waals surface area contributed by atoms with Gasteiger partial charge in [0.1, 0.15) is 9.71 Å². The predicted octanol–water partition coefficient (Wildman–Crippen LogP) is 4.94. The summed E-state index contributed by atoms with van der Waals surface area (Å²) in [5.74, 6) is 0.286. The van der Waals surface area contributed by atoms with Gasteiger partial charge in [0.25, 0.3) is 5.91 Å². The van der Waals surface area contributed by atoms with Crippen LogP contribution in [-0.2, 0) is 6.42 Å². The van der Waals surface area contributed by atoms with E-state index in [2.05, 4.69) is 29.1 Å². The Morgan fingerprint density at radius 1 is 1.15 bits per heavy atom. The number of nitrogen functional groups attached to an aromatic ring is 1. The van der Waals surface area contributed by atoms with Crippen LogP contribution >= 0.6 is 22.7 Å². The third-order valence-corrected chi connectivity index (χ3v) is 6.06. The first-order chi connectivity index (χ1) is 12.5. The van der Waals surface area contributed by atoms with Crippen molar-refractivity contribution in [3.8, 4) is 0 Å². The van der Waals surface area contributed by atoms with Crippen LogP contribution in [0.15, 0.2) is 36.4 Å². The van der Waals surface area contributed by atoms with Crippen LogP contribution in [0.25, 0.3) is 20.4 Å². The number of hydrogen-bond donors (Lipinski definition) is 2. The number of carbonyl (C=O) groups is 1. The minimum absolute atomic E-state index is 0.241. The molecular weight excluding hydrogens is 364 g/mol. The number of carbonyl (C=O) groups excluding carboxylic acids is 1. The second kappa shape index (κ2) is 6.66. The number of hydrogen-bond acceptors (Lipinski definition) is 6. The van der Waals surface area contributed by atoms with Crippen LogP contribution in [-0.4, -0.2) is 15.9 Å². The predicted molar refractivity (Wildman–Crippen MR) is 110 cm³/mol. The van der Waals surface area contributed by atoms with Gasteiger partial charge < -0.3 is 5.73 Å². The van der Waals surface area contributed by atoms with E-state index in [1.54, 1.807) is 0 Å². The fourth-order valence-corrected chi connectivity index (χ4v) is 4.68. The van der Waals surface area contributed by atoms with E-state index in [0.717, 1.165) is 32.5 Å². The van der Waals surface area contributed by atoms with E-state index in [1.807, 2.05) is 36.4 Å². The molecule has 0 saturated heterocycles. The molecule has 3 heterocycles. The Labute approximate surface area is 158 Å². The van der Waals surface area contributed by atoms with E-state index in [0.29, 0.717) is 21.6 Å². The van der Waals surface area contributed by atoms with Crippen molar-refractivity contribution in [2.75, 3.05) is 11.1 Å². The van der Waals surface area contributed by atoms with Crippen LogP contribution in [0.4, 0.5) is 10.8 Å². The zero-order chi connectivity index (χ0) is 18.3. The molecular formula is C19H18N4OS2. The van der Waals surface area contributed by atoms with Crippen molar-refractivity contribution in [1.29, 1.82) is 0 Å². The van der Waals surface area contributed by atoms with E-state index in [1.165, 1.54) is 22.7 Å². The molecule has 0 aliphatic heterocycles. The summed E-state index contributed by atoms with van der Waals surface area (Å²) in [5.41, 5.74) is 8.58. The minimum atomic E-state index is -0.241. The molecule has 26 heavy (non-hydrogen) atoms. The quantitative estimate of drug-likeness (QED) is 0.524. The van der Waals surface area contributed by atoms with Gasteiger partial charge in [0.15, 0.2) is 5.13 Å². The lowest BCUT2D eigenvalue weighted by Gasteiger charge is -2.03. The van der Waals surface area contributed by atoms with Crippen molar-refractivity contribution in [2.45, 2.75) is 20.3 Å². The van der Waals surface area contributed by atoms with Crippen molar-refractivity contribution < 1.29 is 4.79 Å². The second-order valence-electron chi connectivity index (χ2n) is 6.54. The molecule has 0 aliphatic carbocycles. The van der Waals surface area contributed by atoms with Crippen LogP contribution < -0.4 is 11.1 Å². The van der Waals surface area contributed by atoms with Gasteiger partial charge in [0, 0.05) is 11.1 Å².